The van der Waals surface area contributed by atoms with Gasteiger partial charge in [-0.25, -0.2) is 0 Å². The van der Waals surface area contributed by atoms with Crippen molar-refractivity contribution >= 4 is 6.41 Å². The molecule has 1 aliphatic rings. The highest BCUT2D eigenvalue weighted by molar-refractivity contribution is 5.46. The van der Waals surface area contributed by atoms with Gasteiger partial charge >= 0.3 is 0 Å². The summed E-state index contributed by atoms with van der Waals surface area (Å²) < 4.78 is 5.41. The van der Waals surface area contributed by atoms with Gasteiger partial charge < -0.3 is 10.1 Å². The van der Waals surface area contributed by atoms with E-state index in [1.165, 1.54) is 5.56 Å². The summed E-state index contributed by atoms with van der Waals surface area (Å²) in [4.78, 5) is 10.5. The first-order chi connectivity index (χ1) is 7.87. The van der Waals surface area contributed by atoms with Gasteiger partial charge in [0.1, 0.15) is 0 Å². The SMILES string of the molecule is O=CNCC1(c2ccccc2)CCOCC1. The highest BCUT2D eigenvalue weighted by Gasteiger charge is 2.33. The zero-order valence-electron chi connectivity index (χ0n) is 9.32. The first kappa shape index (κ1) is 11.1. The van der Waals surface area contributed by atoms with Crippen LogP contribution < -0.4 is 5.32 Å². The van der Waals surface area contributed by atoms with E-state index in [4.69, 9.17) is 4.74 Å². The molecular weight excluding hydrogens is 202 g/mol. The molecule has 3 heteroatoms. The molecule has 1 aromatic carbocycles. The average molecular weight is 219 g/mol. The van der Waals surface area contributed by atoms with E-state index in [1.807, 2.05) is 18.2 Å². The predicted octanol–water partition coefficient (Wildman–Crippen LogP) is 1.48. The standard InChI is InChI=1S/C13H17NO2/c15-11-14-10-13(6-8-16-9-7-13)12-4-2-1-3-5-12/h1-5,11H,6-10H2,(H,14,15). The van der Waals surface area contributed by atoms with E-state index in [-0.39, 0.29) is 5.41 Å². The van der Waals surface area contributed by atoms with Crippen LogP contribution in [0, 0.1) is 0 Å². The Morgan fingerprint density at radius 2 is 1.94 bits per heavy atom. The Balaban J connectivity index is 2.22. The highest BCUT2D eigenvalue weighted by Crippen LogP contribution is 2.33. The summed E-state index contributed by atoms with van der Waals surface area (Å²) in [7, 11) is 0. The summed E-state index contributed by atoms with van der Waals surface area (Å²) in [6, 6.07) is 10.4. The lowest BCUT2D eigenvalue weighted by atomic mass is 9.74. The second kappa shape index (κ2) is 5.12. The molecule has 1 aliphatic heterocycles. The minimum absolute atomic E-state index is 0.0560. The molecule has 0 aliphatic carbocycles. The zero-order valence-corrected chi connectivity index (χ0v) is 9.32. The van der Waals surface area contributed by atoms with Crippen LogP contribution in [0.2, 0.25) is 0 Å². The van der Waals surface area contributed by atoms with Crippen molar-refractivity contribution in [1.82, 2.24) is 5.32 Å². The fraction of sp³-hybridized carbons (Fsp3) is 0.462. The molecule has 86 valence electrons. The van der Waals surface area contributed by atoms with Crippen LogP contribution >= 0.6 is 0 Å². The topological polar surface area (TPSA) is 38.3 Å². The van der Waals surface area contributed by atoms with Gasteiger partial charge in [0.25, 0.3) is 0 Å². The van der Waals surface area contributed by atoms with Crippen LogP contribution in [0.5, 0.6) is 0 Å². The third-order valence-electron chi connectivity index (χ3n) is 3.36. The molecular formula is C13H17NO2. The first-order valence-electron chi connectivity index (χ1n) is 5.68. The van der Waals surface area contributed by atoms with Gasteiger partial charge in [-0.3, -0.25) is 4.79 Å². The fourth-order valence-electron chi connectivity index (χ4n) is 2.36. The van der Waals surface area contributed by atoms with E-state index in [2.05, 4.69) is 17.4 Å². The lowest BCUT2D eigenvalue weighted by Gasteiger charge is -2.37. The van der Waals surface area contributed by atoms with Crippen LogP contribution in [0.1, 0.15) is 18.4 Å². The summed E-state index contributed by atoms with van der Waals surface area (Å²) in [5.41, 5.74) is 1.35. The maximum Gasteiger partial charge on any atom is 0.207 e. The number of hydrogen-bond donors (Lipinski definition) is 1. The third kappa shape index (κ3) is 2.25. The summed E-state index contributed by atoms with van der Waals surface area (Å²) in [6.45, 7) is 2.24. The molecule has 1 aromatic rings. The van der Waals surface area contributed by atoms with Crippen LogP contribution in [0.15, 0.2) is 30.3 Å². The molecule has 0 atom stereocenters. The molecule has 0 saturated carbocycles. The largest absolute Gasteiger partial charge is 0.381 e. The average Bonchev–Trinajstić information content (AvgIpc) is 2.38. The Bertz CT molecular complexity index is 331. The van der Waals surface area contributed by atoms with Crippen LogP contribution in [-0.2, 0) is 14.9 Å². The molecule has 0 aromatic heterocycles. The van der Waals surface area contributed by atoms with E-state index >= 15 is 0 Å². The first-order valence-corrected chi connectivity index (χ1v) is 5.68. The molecule has 1 heterocycles. The Morgan fingerprint density at radius 3 is 2.56 bits per heavy atom. The molecule has 0 unspecified atom stereocenters. The van der Waals surface area contributed by atoms with Crippen molar-refractivity contribution in [2.75, 3.05) is 19.8 Å². The molecule has 1 saturated heterocycles. The Labute approximate surface area is 95.8 Å². The highest BCUT2D eigenvalue weighted by atomic mass is 16.5. The smallest absolute Gasteiger partial charge is 0.207 e. The van der Waals surface area contributed by atoms with Crippen molar-refractivity contribution in [2.24, 2.45) is 0 Å². The molecule has 0 bridgehead atoms. The van der Waals surface area contributed by atoms with Gasteiger partial charge in [0.15, 0.2) is 0 Å². The molecule has 1 fully saturated rings. The summed E-state index contributed by atoms with van der Waals surface area (Å²) in [6.07, 6.45) is 2.72. The lowest BCUT2D eigenvalue weighted by molar-refractivity contribution is -0.110. The molecule has 1 amide bonds. The number of rotatable bonds is 4. The van der Waals surface area contributed by atoms with E-state index < -0.39 is 0 Å². The quantitative estimate of drug-likeness (QED) is 0.779. The minimum atomic E-state index is 0.0560. The van der Waals surface area contributed by atoms with Crippen molar-refractivity contribution < 1.29 is 9.53 Å². The molecule has 0 radical (unpaired) electrons. The Kier molecular flexibility index (Phi) is 3.57. The van der Waals surface area contributed by atoms with E-state index in [0.717, 1.165) is 32.5 Å². The maximum atomic E-state index is 10.5. The Hall–Kier alpha value is -1.35. The number of carbonyl (C=O) groups excluding carboxylic acids is 1. The van der Waals surface area contributed by atoms with Crippen molar-refractivity contribution in [2.45, 2.75) is 18.3 Å². The van der Waals surface area contributed by atoms with Crippen LogP contribution in [0.3, 0.4) is 0 Å². The van der Waals surface area contributed by atoms with E-state index in [1.54, 1.807) is 0 Å². The van der Waals surface area contributed by atoms with E-state index in [9.17, 15) is 4.79 Å². The molecule has 0 spiro atoms. The van der Waals surface area contributed by atoms with Gasteiger partial charge in [-0.1, -0.05) is 30.3 Å². The number of amides is 1. The number of hydrogen-bond acceptors (Lipinski definition) is 2. The fourth-order valence-corrected chi connectivity index (χ4v) is 2.36. The molecule has 16 heavy (non-hydrogen) atoms. The second-order valence-corrected chi connectivity index (χ2v) is 4.26. The second-order valence-electron chi connectivity index (χ2n) is 4.26. The van der Waals surface area contributed by atoms with Gasteiger partial charge in [-0.05, 0) is 18.4 Å². The van der Waals surface area contributed by atoms with Gasteiger partial charge in [0.05, 0.1) is 0 Å². The molecule has 2 rings (SSSR count). The van der Waals surface area contributed by atoms with Gasteiger partial charge in [0, 0.05) is 25.2 Å². The number of benzene rings is 1. The molecule has 1 N–H and O–H groups in total. The van der Waals surface area contributed by atoms with E-state index in [0.29, 0.717) is 6.54 Å². The summed E-state index contributed by atoms with van der Waals surface area (Å²) in [5, 5.41) is 2.82. The number of carbonyl (C=O) groups is 1. The van der Waals surface area contributed by atoms with Gasteiger partial charge in [-0.15, -0.1) is 0 Å². The van der Waals surface area contributed by atoms with Crippen molar-refractivity contribution in [3.8, 4) is 0 Å². The Morgan fingerprint density at radius 1 is 1.25 bits per heavy atom. The number of ether oxygens (including phenoxy) is 1. The monoisotopic (exact) mass is 219 g/mol. The van der Waals surface area contributed by atoms with Crippen molar-refractivity contribution in [1.29, 1.82) is 0 Å². The predicted molar refractivity (Wildman–Crippen MR) is 62.2 cm³/mol. The van der Waals surface area contributed by atoms with Crippen LogP contribution in [0.4, 0.5) is 0 Å². The third-order valence-corrected chi connectivity index (χ3v) is 3.36. The summed E-state index contributed by atoms with van der Waals surface area (Å²) >= 11 is 0. The number of nitrogens with one attached hydrogen (secondary N) is 1. The zero-order chi connectivity index (χ0) is 11.3. The normalized spacial score (nSPS) is 19.0. The van der Waals surface area contributed by atoms with Crippen molar-refractivity contribution in [3.05, 3.63) is 35.9 Å². The minimum Gasteiger partial charge on any atom is -0.381 e. The van der Waals surface area contributed by atoms with Gasteiger partial charge in [0.2, 0.25) is 6.41 Å². The van der Waals surface area contributed by atoms with Crippen molar-refractivity contribution in [3.63, 3.8) is 0 Å². The maximum absolute atomic E-state index is 10.5. The van der Waals surface area contributed by atoms with Gasteiger partial charge in [-0.2, -0.15) is 0 Å². The summed E-state index contributed by atoms with van der Waals surface area (Å²) in [5.74, 6) is 0. The van der Waals surface area contributed by atoms with Crippen LogP contribution in [-0.4, -0.2) is 26.2 Å². The lowest BCUT2D eigenvalue weighted by Crippen LogP contribution is -2.42. The molecule has 3 nitrogen and oxygen atoms in total. The van der Waals surface area contributed by atoms with Crippen LogP contribution in [0.25, 0.3) is 0 Å².